The summed E-state index contributed by atoms with van der Waals surface area (Å²) in [5, 5.41) is 21.3. The topological polar surface area (TPSA) is 88.5 Å². The first-order valence-corrected chi connectivity index (χ1v) is 9.49. The maximum atomic E-state index is 4.78. The zero-order chi connectivity index (χ0) is 19.3. The largest absolute Gasteiger partial charge is 0.368 e. The third-order valence-corrected chi connectivity index (χ3v) is 5.03. The monoisotopic (exact) mass is 377 g/mol. The summed E-state index contributed by atoms with van der Waals surface area (Å²) in [4.78, 5) is 6.50. The SMILES string of the molecule is CC(C)(C)c1nnc2ccc(N3CC(CNc4ccc5nccn5n4)C3)nn12. The van der Waals surface area contributed by atoms with E-state index in [0.29, 0.717) is 5.92 Å². The van der Waals surface area contributed by atoms with Crippen LogP contribution in [-0.2, 0) is 5.41 Å². The zero-order valence-electron chi connectivity index (χ0n) is 16.2. The molecule has 9 heteroatoms. The van der Waals surface area contributed by atoms with Crippen LogP contribution < -0.4 is 10.2 Å². The van der Waals surface area contributed by atoms with E-state index in [1.165, 1.54) is 0 Å². The van der Waals surface area contributed by atoms with Crippen molar-refractivity contribution in [2.24, 2.45) is 5.92 Å². The van der Waals surface area contributed by atoms with Crippen molar-refractivity contribution < 1.29 is 0 Å². The van der Waals surface area contributed by atoms with Gasteiger partial charge in [-0.05, 0) is 24.3 Å². The van der Waals surface area contributed by atoms with E-state index in [-0.39, 0.29) is 5.41 Å². The van der Waals surface area contributed by atoms with E-state index in [4.69, 9.17) is 5.10 Å². The van der Waals surface area contributed by atoms with Crippen LogP contribution in [0.5, 0.6) is 0 Å². The summed E-state index contributed by atoms with van der Waals surface area (Å²) in [6.07, 6.45) is 3.60. The maximum absolute atomic E-state index is 4.78. The lowest BCUT2D eigenvalue weighted by molar-refractivity contribution is 0.423. The summed E-state index contributed by atoms with van der Waals surface area (Å²) in [6, 6.07) is 7.94. The van der Waals surface area contributed by atoms with Crippen molar-refractivity contribution in [1.29, 1.82) is 0 Å². The maximum Gasteiger partial charge on any atom is 0.178 e. The second-order valence-electron chi connectivity index (χ2n) is 8.34. The van der Waals surface area contributed by atoms with Crippen LogP contribution in [0.4, 0.5) is 11.6 Å². The Kier molecular flexibility index (Phi) is 3.71. The molecule has 0 spiro atoms. The molecule has 0 unspecified atom stereocenters. The molecule has 0 aromatic carbocycles. The normalized spacial score (nSPS) is 15.3. The smallest absolute Gasteiger partial charge is 0.178 e. The number of aromatic nitrogens is 7. The molecule has 0 radical (unpaired) electrons. The van der Waals surface area contributed by atoms with Gasteiger partial charge >= 0.3 is 0 Å². The molecule has 28 heavy (non-hydrogen) atoms. The van der Waals surface area contributed by atoms with Crippen LogP contribution in [0.2, 0.25) is 0 Å². The van der Waals surface area contributed by atoms with Crippen LogP contribution in [0.3, 0.4) is 0 Å². The second kappa shape index (κ2) is 6.15. The average Bonchev–Trinajstić information content (AvgIpc) is 3.25. The number of fused-ring (bicyclic) bond motifs is 2. The molecule has 0 saturated carbocycles. The Hall–Kier alpha value is -3.23. The summed E-state index contributed by atoms with van der Waals surface area (Å²) >= 11 is 0. The molecule has 0 amide bonds. The molecular formula is C19H23N9. The Balaban J connectivity index is 1.24. The molecule has 1 fully saturated rings. The van der Waals surface area contributed by atoms with E-state index in [9.17, 15) is 0 Å². The molecule has 0 atom stereocenters. The molecule has 4 aromatic heterocycles. The summed E-state index contributed by atoms with van der Waals surface area (Å²) in [7, 11) is 0. The van der Waals surface area contributed by atoms with Crippen molar-refractivity contribution in [2.75, 3.05) is 29.9 Å². The molecule has 1 aliphatic heterocycles. The Morgan fingerprint density at radius 1 is 1.04 bits per heavy atom. The molecule has 0 bridgehead atoms. The summed E-state index contributed by atoms with van der Waals surface area (Å²) < 4.78 is 3.64. The minimum Gasteiger partial charge on any atom is -0.368 e. The predicted molar refractivity (Wildman–Crippen MR) is 107 cm³/mol. The number of imidazole rings is 1. The number of anilines is 2. The molecule has 1 N–H and O–H groups in total. The van der Waals surface area contributed by atoms with Gasteiger partial charge in [0, 0.05) is 43.4 Å². The molecule has 5 heterocycles. The first kappa shape index (κ1) is 16.9. The van der Waals surface area contributed by atoms with E-state index in [0.717, 1.165) is 48.4 Å². The van der Waals surface area contributed by atoms with Crippen LogP contribution in [0, 0.1) is 5.92 Å². The van der Waals surface area contributed by atoms with Crippen LogP contribution in [0.1, 0.15) is 26.6 Å². The molecule has 5 rings (SSSR count). The molecular weight excluding hydrogens is 354 g/mol. The highest BCUT2D eigenvalue weighted by Gasteiger charge is 2.29. The third kappa shape index (κ3) is 2.92. The van der Waals surface area contributed by atoms with Gasteiger partial charge in [0.2, 0.25) is 0 Å². The highest BCUT2D eigenvalue weighted by atomic mass is 15.4. The van der Waals surface area contributed by atoms with Crippen LogP contribution in [0.15, 0.2) is 36.7 Å². The van der Waals surface area contributed by atoms with Crippen molar-refractivity contribution in [2.45, 2.75) is 26.2 Å². The zero-order valence-corrected chi connectivity index (χ0v) is 16.2. The van der Waals surface area contributed by atoms with Crippen molar-refractivity contribution in [1.82, 2.24) is 34.4 Å². The minimum atomic E-state index is -0.101. The van der Waals surface area contributed by atoms with E-state index in [2.05, 4.69) is 51.3 Å². The molecule has 144 valence electrons. The third-order valence-electron chi connectivity index (χ3n) is 5.03. The lowest BCUT2D eigenvalue weighted by atomic mass is 9.96. The highest BCUT2D eigenvalue weighted by molar-refractivity contribution is 5.48. The Morgan fingerprint density at radius 3 is 2.68 bits per heavy atom. The van der Waals surface area contributed by atoms with Gasteiger partial charge in [-0.3, -0.25) is 0 Å². The van der Waals surface area contributed by atoms with Crippen molar-refractivity contribution in [3.05, 3.63) is 42.5 Å². The van der Waals surface area contributed by atoms with Gasteiger partial charge in [0.05, 0.1) is 0 Å². The fourth-order valence-corrected chi connectivity index (χ4v) is 3.46. The van der Waals surface area contributed by atoms with Gasteiger partial charge in [-0.25, -0.2) is 9.50 Å². The standard InChI is InChI=1S/C19H23N9/c1-19(2,3)18-23-22-16-6-7-17(25-28(16)18)26-11-13(12-26)10-21-14-4-5-15-20-8-9-27(15)24-14/h4-9,13H,10-12H2,1-3H3,(H,21,24). The highest BCUT2D eigenvalue weighted by Crippen LogP contribution is 2.25. The summed E-state index contributed by atoms with van der Waals surface area (Å²) in [5.41, 5.74) is 1.54. The van der Waals surface area contributed by atoms with E-state index >= 15 is 0 Å². The number of nitrogens with zero attached hydrogens (tertiary/aromatic N) is 8. The molecule has 1 aliphatic rings. The first-order chi connectivity index (χ1) is 13.5. The van der Waals surface area contributed by atoms with Crippen LogP contribution >= 0.6 is 0 Å². The number of hydrogen-bond acceptors (Lipinski definition) is 7. The Morgan fingerprint density at radius 2 is 1.86 bits per heavy atom. The summed E-state index contributed by atoms with van der Waals surface area (Å²) in [5.74, 6) is 3.26. The van der Waals surface area contributed by atoms with Gasteiger partial charge in [-0.2, -0.15) is 4.52 Å². The van der Waals surface area contributed by atoms with Crippen LogP contribution in [-0.4, -0.2) is 54.0 Å². The molecule has 9 nitrogen and oxygen atoms in total. The van der Waals surface area contributed by atoms with E-state index < -0.39 is 0 Å². The van der Waals surface area contributed by atoms with Gasteiger partial charge in [-0.1, -0.05) is 20.8 Å². The van der Waals surface area contributed by atoms with Gasteiger partial charge in [0.25, 0.3) is 0 Å². The lowest BCUT2D eigenvalue weighted by Crippen LogP contribution is -2.50. The fraction of sp³-hybridized carbons (Fsp3) is 0.421. The van der Waals surface area contributed by atoms with Gasteiger partial charge in [-0.15, -0.1) is 20.4 Å². The minimum absolute atomic E-state index is 0.101. The van der Waals surface area contributed by atoms with Crippen molar-refractivity contribution >= 4 is 22.9 Å². The van der Waals surface area contributed by atoms with Gasteiger partial charge in [0.15, 0.2) is 17.1 Å². The molecule has 0 aliphatic carbocycles. The fourth-order valence-electron chi connectivity index (χ4n) is 3.46. The second-order valence-corrected chi connectivity index (χ2v) is 8.34. The van der Waals surface area contributed by atoms with Crippen molar-refractivity contribution in [3.8, 4) is 0 Å². The predicted octanol–water partition coefficient (Wildman–Crippen LogP) is 2.01. The number of rotatable bonds is 4. The lowest BCUT2D eigenvalue weighted by Gasteiger charge is -2.40. The molecule has 4 aromatic rings. The first-order valence-electron chi connectivity index (χ1n) is 9.49. The van der Waals surface area contributed by atoms with E-state index in [1.54, 1.807) is 10.7 Å². The summed E-state index contributed by atoms with van der Waals surface area (Å²) in [6.45, 7) is 9.18. The van der Waals surface area contributed by atoms with E-state index in [1.807, 2.05) is 35.0 Å². The quantitative estimate of drug-likeness (QED) is 0.582. The number of nitrogens with one attached hydrogen (secondary N) is 1. The van der Waals surface area contributed by atoms with Gasteiger partial charge < -0.3 is 10.2 Å². The number of hydrogen-bond donors (Lipinski definition) is 1. The Bertz CT molecular complexity index is 1130. The van der Waals surface area contributed by atoms with Crippen LogP contribution in [0.25, 0.3) is 11.3 Å². The van der Waals surface area contributed by atoms with Crippen molar-refractivity contribution in [3.63, 3.8) is 0 Å². The van der Waals surface area contributed by atoms with Gasteiger partial charge in [0.1, 0.15) is 11.6 Å². The Labute approximate surface area is 162 Å². The molecule has 1 saturated heterocycles. The average molecular weight is 377 g/mol.